The standard InChI is InChI=1S/C12H19NO3/c13-11(15)12(7-3-4-8-12)16-10(14)9-5-1-2-6-9/h9H,1-8H2,(H2,13,15). The second-order valence-electron chi connectivity index (χ2n) is 4.97. The number of esters is 1. The highest BCUT2D eigenvalue weighted by Gasteiger charge is 2.44. The van der Waals surface area contributed by atoms with Gasteiger partial charge in [0.2, 0.25) is 0 Å². The molecule has 0 aromatic carbocycles. The van der Waals surface area contributed by atoms with Crippen LogP contribution < -0.4 is 5.73 Å². The highest BCUT2D eigenvalue weighted by molar-refractivity contribution is 5.87. The van der Waals surface area contributed by atoms with Gasteiger partial charge in [0.25, 0.3) is 5.91 Å². The monoisotopic (exact) mass is 225 g/mol. The number of rotatable bonds is 3. The number of hydrogen-bond donors (Lipinski definition) is 1. The number of hydrogen-bond acceptors (Lipinski definition) is 3. The van der Waals surface area contributed by atoms with E-state index in [2.05, 4.69) is 0 Å². The first kappa shape index (κ1) is 11.4. The third-order valence-electron chi connectivity index (χ3n) is 3.84. The molecule has 2 aliphatic rings. The molecule has 0 atom stereocenters. The predicted octanol–water partition coefficient (Wildman–Crippen LogP) is 1.52. The maximum Gasteiger partial charge on any atom is 0.309 e. The van der Waals surface area contributed by atoms with Crippen LogP contribution in [0.3, 0.4) is 0 Å². The minimum atomic E-state index is -0.986. The predicted molar refractivity (Wildman–Crippen MR) is 58.4 cm³/mol. The summed E-state index contributed by atoms with van der Waals surface area (Å²) in [6.45, 7) is 0. The molecule has 0 radical (unpaired) electrons. The molecule has 90 valence electrons. The van der Waals surface area contributed by atoms with E-state index in [0.717, 1.165) is 38.5 Å². The van der Waals surface area contributed by atoms with Crippen LogP contribution in [0, 0.1) is 5.92 Å². The van der Waals surface area contributed by atoms with Gasteiger partial charge in [0.05, 0.1) is 5.92 Å². The van der Waals surface area contributed by atoms with Crippen molar-refractivity contribution in [2.45, 2.75) is 57.0 Å². The van der Waals surface area contributed by atoms with E-state index in [1.54, 1.807) is 0 Å². The summed E-state index contributed by atoms with van der Waals surface area (Å²) in [4.78, 5) is 23.3. The first-order valence-corrected chi connectivity index (χ1v) is 6.17. The van der Waals surface area contributed by atoms with Crippen LogP contribution in [0.4, 0.5) is 0 Å². The smallest absolute Gasteiger partial charge is 0.309 e. The largest absolute Gasteiger partial charge is 0.449 e. The van der Waals surface area contributed by atoms with Crippen LogP contribution >= 0.6 is 0 Å². The summed E-state index contributed by atoms with van der Waals surface area (Å²) in [5.41, 5.74) is 4.38. The van der Waals surface area contributed by atoms with Crippen molar-refractivity contribution in [2.24, 2.45) is 11.7 Å². The van der Waals surface area contributed by atoms with Crippen molar-refractivity contribution in [1.82, 2.24) is 0 Å². The van der Waals surface area contributed by atoms with E-state index in [0.29, 0.717) is 12.8 Å². The van der Waals surface area contributed by atoms with Gasteiger partial charge in [-0.25, -0.2) is 0 Å². The Morgan fingerprint density at radius 3 is 2.12 bits per heavy atom. The van der Waals surface area contributed by atoms with Crippen molar-refractivity contribution in [1.29, 1.82) is 0 Å². The molecule has 0 saturated heterocycles. The molecule has 0 spiro atoms. The van der Waals surface area contributed by atoms with Crippen molar-refractivity contribution < 1.29 is 14.3 Å². The van der Waals surface area contributed by atoms with Gasteiger partial charge in [0.15, 0.2) is 5.60 Å². The third kappa shape index (κ3) is 2.06. The van der Waals surface area contributed by atoms with Crippen LogP contribution in [0.1, 0.15) is 51.4 Å². The fraction of sp³-hybridized carbons (Fsp3) is 0.833. The fourth-order valence-electron chi connectivity index (χ4n) is 2.78. The van der Waals surface area contributed by atoms with Crippen molar-refractivity contribution >= 4 is 11.9 Å². The molecular weight excluding hydrogens is 206 g/mol. The summed E-state index contributed by atoms with van der Waals surface area (Å²) in [5.74, 6) is -0.689. The zero-order valence-corrected chi connectivity index (χ0v) is 9.54. The second kappa shape index (κ2) is 4.44. The number of amides is 1. The maximum absolute atomic E-state index is 11.9. The first-order chi connectivity index (χ1) is 7.64. The SMILES string of the molecule is NC(=O)C1(OC(=O)C2CCCC2)CCCC1. The van der Waals surface area contributed by atoms with Gasteiger partial charge in [-0.3, -0.25) is 9.59 Å². The Labute approximate surface area is 95.5 Å². The van der Waals surface area contributed by atoms with E-state index in [1.165, 1.54) is 0 Å². The van der Waals surface area contributed by atoms with Crippen LogP contribution in [0.5, 0.6) is 0 Å². The Morgan fingerprint density at radius 1 is 1.06 bits per heavy atom. The normalized spacial score (nSPS) is 24.5. The lowest BCUT2D eigenvalue weighted by atomic mass is 10.0. The average molecular weight is 225 g/mol. The van der Waals surface area contributed by atoms with E-state index in [4.69, 9.17) is 10.5 Å². The lowest BCUT2D eigenvalue weighted by Gasteiger charge is -2.26. The first-order valence-electron chi connectivity index (χ1n) is 6.17. The molecular formula is C12H19NO3. The van der Waals surface area contributed by atoms with Crippen molar-refractivity contribution in [3.63, 3.8) is 0 Å². The molecule has 0 aromatic rings. The van der Waals surface area contributed by atoms with E-state index in [-0.39, 0.29) is 11.9 Å². The van der Waals surface area contributed by atoms with Gasteiger partial charge in [-0.1, -0.05) is 12.8 Å². The Hall–Kier alpha value is -1.06. The molecule has 4 nitrogen and oxygen atoms in total. The lowest BCUT2D eigenvalue weighted by Crippen LogP contribution is -2.46. The highest BCUT2D eigenvalue weighted by Crippen LogP contribution is 2.35. The van der Waals surface area contributed by atoms with Gasteiger partial charge in [-0.15, -0.1) is 0 Å². The van der Waals surface area contributed by atoms with E-state index >= 15 is 0 Å². The van der Waals surface area contributed by atoms with Crippen LogP contribution in [0.25, 0.3) is 0 Å². The molecule has 2 saturated carbocycles. The van der Waals surface area contributed by atoms with Crippen LogP contribution in [-0.4, -0.2) is 17.5 Å². The van der Waals surface area contributed by atoms with Gasteiger partial charge >= 0.3 is 5.97 Å². The number of carbonyl (C=O) groups is 2. The molecule has 0 unspecified atom stereocenters. The Balaban J connectivity index is 2.00. The number of nitrogens with two attached hydrogens (primary N) is 1. The second-order valence-corrected chi connectivity index (χ2v) is 4.97. The summed E-state index contributed by atoms with van der Waals surface area (Å²) >= 11 is 0. The van der Waals surface area contributed by atoms with Crippen molar-refractivity contribution in [2.75, 3.05) is 0 Å². The van der Waals surface area contributed by atoms with Crippen LogP contribution in [0.2, 0.25) is 0 Å². The van der Waals surface area contributed by atoms with E-state index < -0.39 is 11.5 Å². The number of primary amides is 1. The average Bonchev–Trinajstić information content (AvgIpc) is 2.88. The van der Waals surface area contributed by atoms with Gasteiger partial charge in [-0.05, 0) is 38.5 Å². The molecule has 2 fully saturated rings. The minimum absolute atomic E-state index is 0.00294. The molecule has 0 bridgehead atoms. The maximum atomic E-state index is 11.9. The van der Waals surface area contributed by atoms with E-state index in [1.807, 2.05) is 0 Å². The summed E-state index contributed by atoms with van der Waals surface area (Å²) in [6.07, 6.45) is 7.00. The molecule has 1 amide bonds. The highest BCUT2D eigenvalue weighted by atomic mass is 16.6. The third-order valence-corrected chi connectivity index (χ3v) is 3.84. The minimum Gasteiger partial charge on any atom is -0.449 e. The summed E-state index contributed by atoms with van der Waals surface area (Å²) in [6, 6.07) is 0. The number of ether oxygens (including phenoxy) is 1. The van der Waals surface area contributed by atoms with Crippen molar-refractivity contribution in [3.8, 4) is 0 Å². The molecule has 0 aliphatic heterocycles. The summed E-state index contributed by atoms with van der Waals surface area (Å²) < 4.78 is 5.43. The van der Waals surface area contributed by atoms with Crippen molar-refractivity contribution in [3.05, 3.63) is 0 Å². The molecule has 0 aromatic heterocycles. The van der Waals surface area contributed by atoms with Crippen LogP contribution in [-0.2, 0) is 14.3 Å². The Bertz CT molecular complexity index is 289. The van der Waals surface area contributed by atoms with E-state index in [9.17, 15) is 9.59 Å². The lowest BCUT2D eigenvalue weighted by molar-refractivity contribution is -0.170. The van der Waals surface area contributed by atoms with Gasteiger partial charge in [-0.2, -0.15) is 0 Å². The fourth-order valence-corrected chi connectivity index (χ4v) is 2.78. The zero-order valence-electron chi connectivity index (χ0n) is 9.54. The molecule has 2 rings (SSSR count). The van der Waals surface area contributed by atoms with Gasteiger partial charge in [0, 0.05) is 0 Å². The van der Waals surface area contributed by atoms with Gasteiger partial charge in [0.1, 0.15) is 0 Å². The molecule has 16 heavy (non-hydrogen) atoms. The summed E-state index contributed by atoms with van der Waals surface area (Å²) in [7, 11) is 0. The summed E-state index contributed by atoms with van der Waals surface area (Å²) in [5, 5.41) is 0. The topological polar surface area (TPSA) is 69.4 Å². The quantitative estimate of drug-likeness (QED) is 0.740. The Morgan fingerprint density at radius 2 is 1.62 bits per heavy atom. The molecule has 2 aliphatic carbocycles. The molecule has 2 N–H and O–H groups in total. The molecule has 4 heteroatoms. The van der Waals surface area contributed by atoms with Gasteiger partial charge < -0.3 is 10.5 Å². The zero-order chi connectivity index (χ0) is 11.6. The Kier molecular flexibility index (Phi) is 3.17. The number of carbonyl (C=O) groups excluding carboxylic acids is 2. The molecule has 0 heterocycles. The van der Waals surface area contributed by atoms with Crippen LogP contribution in [0.15, 0.2) is 0 Å².